The molecule has 2 rings (SSSR count). The number of anilines is 1. The number of ketones is 1. The van der Waals surface area contributed by atoms with Crippen molar-refractivity contribution >= 4 is 23.3 Å². The Balaban J connectivity index is 2.67. The van der Waals surface area contributed by atoms with Gasteiger partial charge in [-0.15, -0.1) is 0 Å². The van der Waals surface area contributed by atoms with Gasteiger partial charge in [-0.25, -0.2) is 4.79 Å². The lowest BCUT2D eigenvalue weighted by Crippen LogP contribution is -2.24. The summed E-state index contributed by atoms with van der Waals surface area (Å²) >= 11 is 0. The third-order valence-corrected chi connectivity index (χ3v) is 2.54. The minimum Gasteiger partial charge on any atom is -0.465 e. The SMILES string of the molecule is COC(=O)c1cccc2c1C(=O)C(=O)N2C. The molecule has 0 spiro atoms. The van der Waals surface area contributed by atoms with E-state index in [-0.39, 0.29) is 11.1 Å². The van der Waals surface area contributed by atoms with Gasteiger partial charge < -0.3 is 9.64 Å². The summed E-state index contributed by atoms with van der Waals surface area (Å²) < 4.78 is 4.56. The highest BCUT2D eigenvalue weighted by Crippen LogP contribution is 2.30. The number of Topliss-reactive ketones (excluding diaryl/α,β-unsaturated/α-hetero) is 1. The molecule has 1 amide bonds. The molecule has 1 aromatic rings. The molecule has 0 saturated heterocycles. The molecule has 1 aromatic carbocycles. The Bertz CT molecular complexity index is 507. The monoisotopic (exact) mass is 219 g/mol. The Labute approximate surface area is 91.6 Å². The van der Waals surface area contributed by atoms with Crippen molar-refractivity contribution < 1.29 is 19.1 Å². The highest BCUT2D eigenvalue weighted by molar-refractivity contribution is 6.53. The van der Waals surface area contributed by atoms with E-state index in [1.165, 1.54) is 25.1 Å². The van der Waals surface area contributed by atoms with Gasteiger partial charge in [-0.1, -0.05) is 6.07 Å². The van der Waals surface area contributed by atoms with Gasteiger partial charge in [-0.05, 0) is 12.1 Å². The smallest absolute Gasteiger partial charge is 0.338 e. The Morgan fingerprint density at radius 2 is 2.00 bits per heavy atom. The second kappa shape index (κ2) is 3.44. The molecule has 0 radical (unpaired) electrons. The van der Waals surface area contributed by atoms with Crippen LogP contribution in [0.2, 0.25) is 0 Å². The van der Waals surface area contributed by atoms with E-state index in [1.54, 1.807) is 12.1 Å². The fraction of sp³-hybridized carbons (Fsp3) is 0.182. The van der Waals surface area contributed by atoms with Crippen molar-refractivity contribution in [2.24, 2.45) is 0 Å². The summed E-state index contributed by atoms with van der Waals surface area (Å²) in [5.74, 6) is -1.92. The number of hydrogen-bond acceptors (Lipinski definition) is 4. The zero-order valence-electron chi connectivity index (χ0n) is 8.81. The molecule has 82 valence electrons. The van der Waals surface area contributed by atoms with Crippen LogP contribution in [0, 0.1) is 0 Å². The third kappa shape index (κ3) is 1.21. The van der Waals surface area contributed by atoms with Crippen molar-refractivity contribution in [2.75, 3.05) is 19.1 Å². The van der Waals surface area contributed by atoms with E-state index in [0.29, 0.717) is 5.69 Å². The van der Waals surface area contributed by atoms with Crippen LogP contribution in [0.3, 0.4) is 0 Å². The summed E-state index contributed by atoms with van der Waals surface area (Å²) in [5.41, 5.74) is 0.697. The van der Waals surface area contributed by atoms with Crippen molar-refractivity contribution in [3.05, 3.63) is 29.3 Å². The molecule has 0 fully saturated rings. The van der Waals surface area contributed by atoms with E-state index in [2.05, 4.69) is 4.74 Å². The van der Waals surface area contributed by atoms with Crippen LogP contribution < -0.4 is 4.90 Å². The van der Waals surface area contributed by atoms with Gasteiger partial charge in [0.2, 0.25) is 0 Å². The van der Waals surface area contributed by atoms with Gasteiger partial charge in [0.25, 0.3) is 11.7 Å². The number of methoxy groups -OCH3 is 1. The molecule has 0 aromatic heterocycles. The number of ether oxygens (including phenoxy) is 1. The van der Waals surface area contributed by atoms with Gasteiger partial charge in [0.15, 0.2) is 0 Å². The molecule has 0 saturated carbocycles. The molecular weight excluding hydrogens is 210 g/mol. The zero-order valence-corrected chi connectivity index (χ0v) is 8.81. The van der Waals surface area contributed by atoms with Crippen molar-refractivity contribution in [3.63, 3.8) is 0 Å². The molecule has 0 unspecified atom stereocenters. The molecule has 0 atom stereocenters. The normalized spacial score (nSPS) is 14.0. The highest BCUT2D eigenvalue weighted by atomic mass is 16.5. The first-order valence-corrected chi connectivity index (χ1v) is 4.61. The van der Waals surface area contributed by atoms with Gasteiger partial charge in [-0.2, -0.15) is 0 Å². The molecule has 1 aliphatic heterocycles. The first kappa shape index (κ1) is 10.4. The van der Waals surface area contributed by atoms with Gasteiger partial charge in [0, 0.05) is 7.05 Å². The fourth-order valence-electron chi connectivity index (χ4n) is 1.71. The largest absolute Gasteiger partial charge is 0.465 e. The van der Waals surface area contributed by atoms with Crippen LogP contribution in [0.25, 0.3) is 0 Å². The number of esters is 1. The minimum atomic E-state index is -0.668. The number of hydrogen-bond donors (Lipinski definition) is 0. The summed E-state index contributed by atoms with van der Waals surface area (Å²) in [5, 5.41) is 0. The van der Waals surface area contributed by atoms with Crippen molar-refractivity contribution in [1.29, 1.82) is 0 Å². The number of fused-ring (bicyclic) bond motifs is 1. The number of rotatable bonds is 1. The maximum atomic E-state index is 11.6. The van der Waals surface area contributed by atoms with E-state index in [9.17, 15) is 14.4 Å². The van der Waals surface area contributed by atoms with Gasteiger partial charge in [0.1, 0.15) is 0 Å². The van der Waals surface area contributed by atoms with E-state index >= 15 is 0 Å². The molecule has 1 heterocycles. The van der Waals surface area contributed by atoms with E-state index in [1.807, 2.05) is 0 Å². The molecule has 5 heteroatoms. The zero-order chi connectivity index (χ0) is 11.9. The van der Waals surface area contributed by atoms with E-state index in [0.717, 1.165) is 0 Å². The number of carbonyl (C=O) groups is 3. The predicted molar refractivity (Wildman–Crippen MR) is 55.5 cm³/mol. The number of amides is 1. The summed E-state index contributed by atoms with van der Waals surface area (Å²) in [6, 6.07) is 4.69. The lowest BCUT2D eigenvalue weighted by molar-refractivity contribution is -0.114. The second-order valence-electron chi connectivity index (χ2n) is 3.38. The van der Waals surface area contributed by atoms with Crippen molar-refractivity contribution in [2.45, 2.75) is 0 Å². The molecule has 0 aliphatic carbocycles. The maximum Gasteiger partial charge on any atom is 0.338 e. The topological polar surface area (TPSA) is 63.7 Å². The van der Waals surface area contributed by atoms with Crippen molar-refractivity contribution in [3.8, 4) is 0 Å². The molecule has 16 heavy (non-hydrogen) atoms. The molecule has 5 nitrogen and oxygen atoms in total. The molecule has 1 aliphatic rings. The van der Waals surface area contributed by atoms with Crippen LogP contribution in [0.1, 0.15) is 20.7 Å². The van der Waals surface area contributed by atoms with Crippen LogP contribution in [0.5, 0.6) is 0 Å². The van der Waals surface area contributed by atoms with Crippen LogP contribution in [-0.2, 0) is 9.53 Å². The van der Waals surface area contributed by atoms with Gasteiger partial charge in [0.05, 0.1) is 23.9 Å². The van der Waals surface area contributed by atoms with Crippen LogP contribution in [0.15, 0.2) is 18.2 Å². The first-order chi connectivity index (χ1) is 7.57. The highest BCUT2D eigenvalue weighted by Gasteiger charge is 2.36. The predicted octanol–water partition coefficient (Wildman–Crippen LogP) is 0.632. The van der Waals surface area contributed by atoms with Gasteiger partial charge in [-0.3, -0.25) is 9.59 Å². The summed E-state index contributed by atoms with van der Waals surface area (Å²) in [7, 11) is 2.72. The Hall–Kier alpha value is -2.17. The number of carbonyl (C=O) groups excluding carboxylic acids is 3. The maximum absolute atomic E-state index is 11.6. The lowest BCUT2D eigenvalue weighted by atomic mass is 10.0. The van der Waals surface area contributed by atoms with Crippen LogP contribution in [0.4, 0.5) is 5.69 Å². The standard InChI is InChI=1S/C11H9NO4/c1-12-7-5-3-4-6(11(15)16-2)8(7)9(13)10(12)14/h3-5H,1-2H3. The average Bonchev–Trinajstić information content (AvgIpc) is 2.54. The summed E-state index contributed by atoms with van der Waals surface area (Å²) in [4.78, 5) is 35.8. The average molecular weight is 219 g/mol. The van der Waals surface area contributed by atoms with Crippen molar-refractivity contribution in [1.82, 2.24) is 0 Å². The van der Waals surface area contributed by atoms with E-state index < -0.39 is 17.7 Å². The Kier molecular flexibility index (Phi) is 2.23. The lowest BCUT2D eigenvalue weighted by Gasteiger charge is -2.09. The number of benzene rings is 1. The number of nitrogens with zero attached hydrogens (tertiary/aromatic N) is 1. The third-order valence-electron chi connectivity index (χ3n) is 2.54. The van der Waals surface area contributed by atoms with Gasteiger partial charge >= 0.3 is 5.97 Å². The van der Waals surface area contributed by atoms with E-state index in [4.69, 9.17) is 0 Å². The molecular formula is C11H9NO4. The quantitative estimate of drug-likeness (QED) is 0.513. The Morgan fingerprint density at radius 1 is 1.31 bits per heavy atom. The van der Waals surface area contributed by atoms with Crippen LogP contribution >= 0.6 is 0 Å². The van der Waals surface area contributed by atoms with Crippen LogP contribution in [-0.4, -0.2) is 31.8 Å². The summed E-state index contributed by atoms with van der Waals surface area (Å²) in [6.07, 6.45) is 0. The second-order valence-corrected chi connectivity index (χ2v) is 3.38. The summed E-state index contributed by atoms with van der Waals surface area (Å²) in [6.45, 7) is 0. The first-order valence-electron chi connectivity index (χ1n) is 4.61. The minimum absolute atomic E-state index is 0.127. The fourth-order valence-corrected chi connectivity index (χ4v) is 1.71. The molecule has 0 bridgehead atoms. The Morgan fingerprint density at radius 3 is 2.62 bits per heavy atom. The number of likely N-dealkylation sites (N-methyl/N-ethyl adjacent to an activating group) is 1. The molecule has 0 N–H and O–H groups in total.